The number of hydrogen-bond donors (Lipinski definition) is 1. The van der Waals surface area contributed by atoms with Gasteiger partial charge >= 0.3 is 6.18 Å². The predicted octanol–water partition coefficient (Wildman–Crippen LogP) is 3.82. The predicted molar refractivity (Wildman–Crippen MR) is 67.7 cm³/mol. The summed E-state index contributed by atoms with van der Waals surface area (Å²) in [5.74, 6) is 0. The molecule has 0 spiro atoms. The lowest BCUT2D eigenvalue weighted by molar-refractivity contribution is -0.149. The summed E-state index contributed by atoms with van der Waals surface area (Å²) in [5, 5.41) is 0. The van der Waals surface area contributed by atoms with Gasteiger partial charge in [-0.05, 0) is 34.2 Å². The highest BCUT2D eigenvalue weighted by molar-refractivity contribution is 5.77. The van der Waals surface area contributed by atoms with Crippen LogP contribution >= 0.6 is 0 Å². The molecular weight excluding hydrogens is 251 g/mol. The minimum Gasteiger partial charge on any atom is -0.316 e. The summed E-state index contributed by atoms with van der Waals surface area (Å²) < 4.78 is 37.9. The van der Waals surface area contributed by atoms with E-state index in [2.05, 4.69) is 0 Å². The second-order valence-corrected chi connectivity index (χ2v) is 4.77. The molecule has 0 heterocycles. The van der Waals surface area contributed by atoms with Gasteiger partial charge in [0, 0.05) is 0 Å². The molecule has 1 atom stereocenters. The zero-order chi connectivity index (χ0) is 13.6. The molecule has 1 nitrogen and oxygen atoms in total. The fraction of sp³-hybridized carbons (Fsp3) is 0.200. The lowest BCUT2D eigenvalue weighted by Gasteiger charge is -2.16. The number of rotatable bonds is 1. The number of nitrogens with two attached hydrogens (primary N) is 1. The van der Waals surface area contributed by atoms with Crippen LogP contribution in [0.4, 0.5) is 13.2 Å². The van der Waals surface area contributed by atoms with Crippen LogP contribution < -0.4 is 5.73 Å². The number of halogens is 3. The van der Waals surface area contributed by atoms with Crippen molar-refractivity contribution in [3.05, 3.63) is 59.2 Å². The first kappa shape index (κ1) is 12.2. The van der Waals surface area contributed by atoms with E-state index in [4.69, 9.17) is 5.73 Å². The van der Waals surface area contributed by atoms with E-state index < -0.39 is 12.2 Å². The molecule has 1 aliphatic rings. The molecule has 98 valence electrons. The third kappa shape index (κ3) is 2.02. The third-order valence-electron chi connectivity index (χ3n) is 3.53. The molecule has 0 saturated heterocycles. The molecule has 3 rings (SSSR count). The summed E-state index contributed by atoms with van der Waals surface area (Å²) >= 11 is 0. The Kier molecular flexibility index (Phi) is 2.64. The Morgan fingerprint density at radius 3 is 2.37 bits per heavy atom. The second kappa shape index (κ2) is 4.10. The van der Waals surface area contributed by atoms with Crippen molar-refractivity contribution >= 4 is 0 Å². The SMILES string of the molecule is NC(c1ccc2c(c1)Cc1ccccc1-2)C(F)(F)F. The molecule has 0 aliphatic heterocycles. The Bertz CT molecular complexity index is 632. The molecule has 0 aromatic heterocycles. The first-order chi connectivity index (χ1) is 8.97. The average Bonchev–Trinajstić information content (AvgIpc) is 2.74. The molecule has 2 aromatic carbocycles. The highest BCUT2D eigenvalue weighted by atomic mass is 19.4. The molecule has 0 amide bonds. The quantitative estimate of drug-likeness (QED) is 0.709. The van der Waals surface area contributed by atoms with E-state index in [9.17, 15) is 13.2 Å². The molecular formula is C15H12F3N. The van der Waals surface area contributed by atoms with E-state index in [1.165, 1.54) is 6.07 Å². The highest BCUT2D eigenvalue weighted by Gasteiger charge is 2.38. The van der Waals surface area contributed by atoms with E-state index in [0.717, 1.165) is 22.3 Å². The first-order valence-corrected chi connectivity index (χ1v) is 6.00. The van der Waals surface area contributed by atoms with Gasteiger partial charge < -0.3 is 5.73 Å². The maximum absolute atomic E-state index is 12.6. The van der Waals surface area contributed by atoms with Crippen molar-refractivity contribution in [2.24, 2.45) is 5.73 Å². The van der Waals surface area contributed by atoms with Crippen molar-refractivity contribution in [2.45, 2.75) is 18.6 Å². The van der Waals surface area contributed by atoms with Gasteiger partial charge in [0.25, 0.3) is 0 Å². The van der Waals surface area contributed by atoms with Gasteiger partial charge in [-0.25, -0.2) is 0 Å². The summed E-state index contributed by atoms with van der Waals surface area (Å²) in [4.78, 5) is 0. The fourth-order valence-electron chi connectivity index (χ4n) is 2.55. The number of fused-ring (bicyclic) bond motifs is 3. The van der Waals surface area contributed by atoms with Crippen molar-refractivity contribution in [3.8, 4) is 11.1 Å². The third-order valence-corrected chi connectivity index (χ3v) is 3.53. The molecule has 1 aliphatic carbocycles. The van der Waals surface area contributed by atoms with Crippen molar-refractivity contribution in [3.63, 3.8) is 0 Å². The van der Waals surface area contributed by atoms with Crippen LogP contribution in [-0.2, 0) is 6.42 Å². The summed E-state index contributed by atoms with van der Waals surface area (Å²) in [6.07, 6.45) is -3.73. The summed E-state index contributed by atoms with van der Waals surface area (Å²) in [5.41, 5.74) is 9.54. The van der Waals surface area contributed by atoms with Gasteiger partial charge in [0.15, 0.2) is 0 Å². The Morgan fingerprint density at radius 1 is 0.947 bits per heavy atom. The van der Waals surface area contributed by atoms with Crippen molar-refractivity contribution < 1.29 is 13.2 Å². The van der Waals surface area contributed by atoms with E-state index in [0.29, 0.717) is 6.42 Å². The van der Waals surface area contributed by atoms with E-state index in [-0.39, 0.29) is 5.56 Å². The molecule has 4 heteroatoms. The Balaban J connectivity index is 2.02. The Labute approximate surface area is 108 Å². The lowest BCUT2D eigenvalue weighted by atomic mass is 10.00. The standard InChI is InChI=1S/C15H12F3N/c16-15(17,18)14(19)10-5-6-13-11(8-10)7-9-3-1-2-4-12(9)13/h1-6,8,14H,7,19H2. The highest BCUT2D eigenvalue weighted by Crippen LogP contribution is 2.39. The lowest BCUT2D eigenvalue weighted by Crippen LogP contribution is -2.28. The van der Waals surface area contributed by atoms with E-state index >= 15 is 0 Å². The van der Waals surface area contributed by atoms with Crippen LogP contribution in [0.3, 0.4) is 0 Å². The molecule has 0 fully saturated rings. The summed E-state index contributed by atoms with van der Waals surface area (Å²) in [6, 6.07) is 10.7. The van der Waals surface area contributed by atoms with Crippen LogP contribution in [-0.4, -0.2) is 6.18 Å². The summed E-state index contributed by atoms with van der Waals surface area (Å²) in [7, 11) is 0. The van der Waals surface area contributed by atoms with Crippen molar-refractivity contribution in [1.29, 1.82) is 0 Å². The van der Waals surface area contributed by atoms with Gasteiger partial charge in [-0.15, -0.1) is 0 Å². The molecule has 2 N–H and O–H groups in total. The number of alkyl halides is 3. The Morgan fingerprint density at radius 2 is 1.63 bits per heavy atom. The molecule has 1 unspecified atom stereocenters. The Hall–Kier alpha value is -1.81. The van der Waals surface area contributed by atoms with E-state index in [1.807, 2.05) is 24.3 Å². The zero-order valence-electron chi connectivity index (χ0n) is 10.0. The maximum Gasteiger partial charge on any atom is 0.407 e. The van der Waals surface area contributed by atoms with Gasteiger partial charge in [0.05, 0.1) is 0 Å². The maximum atomic E-state index is 12.6. The molecule has 2 aromatic rings. The number of benzene rings is 2. The van der Waals surface area contributed by atoms with Gasteiger partial charge in [-0.2, -0.15) is 13.2 Å². The van der Waals surface area contributed by atoms with Crippen molar-refractivity contribution in [1.82, 2.24) is 0 Å². The van der Waals surface area contributed by atoms with Crippen molar-refractivity contribution in [2.75, 3.05) is 0 Å². The van der Waals surface area contributed by atoms with Crippen LogP contribution in [0.1, 0.15) is 22.7 Å². The van der Waals surface area contributed by atoms with E-state index in [1.54, 1.807) is 12.1 Å². The van der Waals surface area contributed by atoms with Crippen LogP contribution in [0.2, 0.25) is 0 Å². The van der Waals surface area contributed by atoms with Crippen LogP contribution in [0.25, 0.3) is 11.1 Å². The molecule has 0 bridgehead atoms. The topological polar surface area (TPSA) is 26.0 Å². The monoisotopic (exact) mass is 263 g/mol. The van der Waals surface area contributed by atoms with Crippen LogP contribution in [0.15, 0.2) is 42.5 Å². The number of hydrogen-bond acceptors (Lipinski definition) is 1. The smallest absolute Gasteiger partial charge is 0.316 e. The summed E-state index contributed by atoms with van der Waals surface area (Å²) in [6.45, 7) is 0. The van der Waals surface area contributed by atoms with Gasteiger partial charge in [-0.1, -0.05) is 42.5 Å². The molecule has 19 heavy (non-hydrogen) atoms. The minimum absolute atomic E-state index is 0.124. The average molecular weight is 263 g/mol. The zero-order valence-corrected chi connectivity index (χ0v) is 10.0. The molecule has 0 radical (unpaired) electrons. The second-order valence-electron chi connectivity index (χ2n) is 4.77. The van der Waals surface area contributed by atoms with Gasteiger partial charge in [-0.3, -0.25) is 0 Å². The molecule has 0 saturated carbocycles. The van der Waals surface area contributed by atoms with Crippen LogP contribution in [0.5, 0.6) is 0 Å². The largest absolute Gasteiger partial charge is 0.407 e. The fourth-order valence-corrected chi connectivity index (χ4v) is 2.55. The van der Waals surface area contributed by atoms with Gasteiger partial charge in [0.2, 0.25) is 0 Å². The normalized spacial score (nSPS) is 14.9. The minimum atomic E-state index is -4.40. The van der Waals surface area contributed by atoms with Crippen LogP contribution in [0, 0.1) is 0 Å². The van der Waals surface area contributed by atoms with Gasteiger partial charge in [0.1, 0.15) is 6.04 Å². The first-order valence-electron chi connectivity index (χ1n) is 6.00.